The zero-order valence-corrected chi connectivity index (χ0v) is 9.56. The molecule has 0 saturated carbocycles. The SMILES string of the molecule is Cn1nc(-c2ncsc2Br)c(F)c1N. The highest BCUT2D eigenvalue weighted by Crippen LogP contribution is 2.32. The molecule has 2 rings (SSSR count). The minimum absolute atomic E-state index is 0.0138. The number of halogens is 2. The van der Waals surface area contributed by atoms with Gasteiger partial charge < -0.3 is 5.73 Å². The molecule has 0 atom stereocenters. The van der Waals surface area contributed by atoms with Crippen molar-refractivity contribution in [1.29, 1.82) is 0 Å². The van der Waals surface area contributed by atoms with Crippen molar-refractivity contribution in [2.45, 2.75) is 0 Å². The summed E-state index contributed by atoms with van der Waals surface area (Å²) in [6, 6.07) is 0. The molecule has 0 fully saturated rings. The fourth-order valence-electron chi connectivity index (χ4n) is 1.05. The number of nitrogens with zero attached hydrogens (tertiary/aromatic N) is 3. The average Bonchev–Trinajstić information content (AvgIpc) is 2.66. The first-order valence-corrected chi connectivity index (χ1v) is 5.36. The normalized spacial score (nSPS) is 10.8. The molecule has 2 N–H and O–H groups in total. The van der Waals surface area contributed by atoms with Crippen molar-refractivity contribution in [3.63, 3.8) is 0 Å². The highest BCUT2D eigenvalue weighted by atomic mass is 79.9. The van der Waals surface area contributed by atoms with Crippen molar-refractivity contribution in [2.75, 3.05) is 5.73 Å². The molecule has 0 amide bonds. The van der Waals surface area contributed by atoms with Crippen LogP contribution < -0.4 is 5.73 Å². The number of aryl methyl sites for hydroxylation is 1. The minimum atomic E-state index is -0.529. The highest BCUT2D eigenvalue weighted by molar-refractivity contribution is 9.11. The summed E-state index contributed by atoms with van der Waals surface area (Å²) >= 11 is 4.64. The Labute approximate surface area is 91.7 Å². The van der Waals surface area contributed by atoms with E-state index in [-0.39, 0.29) is 11.5 Å². The van der Waals surface area contributed by atoms with E-state index in [0.29, 0.717) is 5.69 Å². The number of nitrogens with two attached hydrogens (primary N) is 1. The number of aromatic nitrogens is 3. The number of rotatable bonds is 1. The van der Waals surface area contributed by atoms with Crippen molar-refractivity contribution < 1.29 is 4.39 Å². The zero-order chi connectivity index (χ0) is 10.3. The maximum absolute atomic E-state index is 13.5. The van der Waals surface area contributed by atoms with E-state index in [4.69, 9.17) is 5.73 Å². The van der Waals surface area contributed by atoms with Crippen molar-refractivity contribution >= 4 is 33.1 Å². The summed E-state index contributed by atoms with van der Waals surface area (Å²) < 4.78 is 15.5. The Morgan fingerprint density at radius 2 is 2.29 bits per heavy atom. The lowest BCUT2D eigenvalue weighted by Gasteiger charge is -1.90. The zero-order valence-electron chi connectivity index (χ0n) is 7.16. The summed E-state index contributed by atoms with van der Waals surface area (Å²) in [5.74, 6) is -0.515. The molecule has 0 unspecified atom stereocenters. The third kappa shape index (κ3) is 1.32. The van der Waals surface area contributed by atoms with Gasteiger partial charge in [0.25, 0.3) is 0 Å². The minimum Gasteiger partial charge on any atom is -0.381 e. The van der Waals surface area contributed by atoms with Crippen molar-refractivity contribution in [3.05, 3.63) is 15.1 Å². The van der Waals surface area contributed by atoms with Crippen LogP contribution >= 0.6 is 27.3 Å². The summed E-state index contributed by atoms with van der Waals surface area (Å²) in [5.41, 5.74) is 7.72. The van der Waals surface area contributed by atoms with Gasteiger partial charge in [-0.1, -0.05) is 0 Å². The van der Waals surface area contributed by atoms with Gasteiger partial charge in [0.15, 0.2) is 17.3 Å². The second kappa shape index (κ2) is 3.32. The molecule has 0 aliphatic rings. The standard InChI is InChI=1S/C7H6BrFN4S/c1-13-7(10)3(9)4(12-13)5-6(8)14-2-11-5/h2H,10H2,1H3. The summed E-state index contributed by atoms with van der Waals surface area (Å²) in [6.07, 6.45) is 0. The van der Waals surface area contributed by atoms with Crippen LogP contribution in [-0.4, -0.2) is 14.8 Å². The Kier molecular flexibility index (Phi) is 2.28. The molecular weight excluding hydrogens is 271 g/mol. The lowest BCUT2D eigenvalue weighted by atomic mass is 10.3. The average molecular weight is 277 g/mol. The largest absolute Gasteiger partial charge is 0.381 e. The van der Waals surface area contributed by atoms with Gasteiger partial charge in [-0.2, -0.15) is 5.10 Å². The number of hydrogen-bond donors (Lipinski definition) is 1. The molecule has 0 spiro atoms. The third-order valence-corrected chi connectivity index (χ3v) is 3.33. The summed E-state index contributed by atoms with van der Waals surface area (Å²) in [7, 11) is 1.59. The topological polar surface area (TPSA) is 56.7 Å². The van der Waals surface area contributed by atoms with E-state index in [1.54, 1.807) is 12.6 Å². The summed E-state index contributed by atoms with van der Waals surface area (Å²) in [4.78, 5) is 4.00. The molecule has 0 bridgehead atoms. The smallest absolute Gasteiger partial charge is 0.194 e. The van der Waals surface area contributed by atoms with Gasteiger partial charge in [-0.25, -0.2) is 14.1 Å². The second-order valence-corrected chi connectivity index (χ2v) is 4.82. The van der Waals surface area contributed by atoms with Gasteiger partial charge in [-0.3, -0.25) is 0 Å². The Morgan fingerprint density at radius 3 is 2.71 bits per heavy atom. The van der Waals surface area contributed by atoms with Crippen molar-refractivity contribution in [2.24, 2.45) is 7.05 Å². The molecule has 2 heterocycles. The third-order valence-electron chi connectivity index (χ3n) is 1.78. The maximum atomic E-state index is 13.5. The van der Waals surface area contributed by atoms with Gasteiger partial charge in [0.05, 0.1) is 9.30 Å². The van der Waals surface area contributed by atoms with Crippen molar-refractivity contribution in [1.82, 2.24) is 14.8 Å². The van der Waals surface area contributed by atoms with Gasteiger partial charge in [0.1, 0.15) is 5.69 Å². The van der Waals surface area contributed by atoms with Gasteiger partial charge in [-0.05, 0) is 15.9 Å². The fourth-order valence-corrected chi connectivity index (χ4v) is 2.10. The van der Waals surface area contributed by atoms with E-state index in [2.05, 4.69) is 26.0 Å². The van der Waals surface area contributed by atoms with E-state index in [1.165, 1.54) is 16.0 Å². The molecule has 74 valence electrons. The monoisotopic (exact) mass is 276 g/mol. The molecule has 0 aromatic carbocycles. The molecule has 4 nitrogen and oxygen atoms in total. The molecule has 7 heteroatoms. The maximum Gasteiger partial charge on any atom is 0.194 e. The molecule has 2 aromatic rings. The number of nitrogen functional groups attached to an aromatic ring is 1. The van der Waals surface area contributed by atoms with Crippen LogP contribution in [-0.2, 0) is 7.05 Å². The van der Waals surface area contributed by atoms with Crippen LogP contribution in [0.4, 0.5) is 10.2 Å². The van der Waals surface area contributed by atoms with Crippen LogP contribution in [0.2, 0.25) is 0 Å². The quantitative estimate of drug-likeness (QED) is 0.867. The Hall–Kier alpha value is -0.950. The fraction of sp³-hybridized carbons (Fsp3) is 0.143. The number of hydrogen-bond acceptors (Lipinski definition) is 4. The first-order valence-electron chi connectivity index (χ1n) is 3.68. The molecule has 0 saturated heterocycles. The molecule has 14 heavy (non-hydrogen) atoms. The van der Waals surface area contributed by atoms with Crippen LogP contribution in [0.15, 0.2) is 9.30 Å². The molecule has 0 radical (unpaired) electrons. The molecular formula is C7H6BrFN4S. The Bertz CT molecular complexity index is 478. The van der Waals surface area contributed by atoms with Crippen LogP contribution in [0.25, 0.3) is 11.4 Å². The second-order valence-electron chi connectivity index (χ2n) is 2.65. The predicted octanol–water partition coefficient (Wildman–Crippen LogP) is 2.03. The predicted molar refractivity (Wildman–Crippen MR) is 56.4 cm³/mol. The molecule has 2 aromatic heterocycles. The first kappa shape index (κ1) is 9.60. The highest BCUT2D eigenvalue weighted by Gasteiger charge is 2.19. The lowest BCUT2D eigenvalue weighted by Crippen LogP contribution is -1.97. The number of anilines is 1. The molecule has 0 aliphatic carbocycles. The summed E-state index contributed by atoms with van der Waals surface area (Å²) in [5, 5.41) is 3.94. The van der Waals surface area contributed by atoms with Gasteiger partial charge >= 0.3 is 0 Å². The van der Waals surface area contributed by atoms with Crippen molar-refractivity contribution in [3.8, 4) is 11.4 Å². The Morgan fingerprint density at radius 1 is 1.57 bits per heavy atom. The molecule has 0 aliphatic heterocycles. The van der Waals surface area contributed by atoms with Crippen LogP contribution in [0, 0.1) is 5.82 Å². The Balaban J connectivity index is 2.63. The van der Waals surface area contributed by atoms with E-state index >= 15 is 0 Å². The van der Waals surface area contributed by atoms with E-state index in [1.807, 2.05) is 0 Å². The number of thiazole rings is 1. The van der Waals surface area contributed by atoms with Gasteiger partial charge in [-0.15, -0.1) is 11.3 Å². The van der Waals surface area contributed by atoms with E-state index in [0.717, 1.165) is 3.79 Å². The van der Waals surface area contributed by atoms with E-state index in [9.17, 15) is 4.39 Å². The van der Waals surface area contributed by atoms with Crippen LogP contribution in [0.3, 0.4) is 0 Å². The first-order chi connectivity index (χ1) is 6.61. The van der Waals surface area contributed by atoms with Crippen LogP contribution in [0.5, 0.6) is 0 Å². The van der Waals surface area contributed by atoms with Gasteiger partial charge in [0.2, 0.25) is 0 Å². The summed E-state index contributed by atoms with van der Waals surface area (Å²) in [6.45, 7) is 0. The lowest BCUT2D eigenvalue weighted by molar-refractivity contribution is 0.633. The van der Waals surface area contributed by atoms with Gasteiger partial charge in [0, 0.05) is 7.05 Å². The van der Waals surface area contributed by atoms with E-state index < -0.39 is 5.82 Å². The van der Waals surface area contributed by atoms with Crippen LogP contribution in [0.1, 0.15) is 0 Å².